The van der Waals surface area contributed by atoms with E-state index in [1.54, 1.807) is 0 Å². The molecule has 0 amide bonds. The quantitative estimate of drug-likeness (QED) is 0.462. The Bertz CT molecular complexity index is 1120. The van der Waals surface area contributed by atoms with Crippen molar-refractivity contribution in [3.05, 3.63) is 95.5 Å². The van der Waals surface area contributed by atoms with Crippen LogP contribution >= 0.6 is 0 Å². The molecule has 5 rings (SSSR count). The minimum atomic E-state index is -0.168. The monoisotopic (exact) mass is 400 g/mol. The summed E-state index contributed by atoms with van der Waals surface area (Å²) in [5.41, 5.74) is 4.92. The lowest BCUT2D eigenvalue weighted by atomic mass is 9.92. The maximum atomic E-state index is 14.4. The zero-order valence-corrected chi connectivity index (χ0v) is 17.7. The minimum absolute atomic E-state index is 0.00171. The van der Waals surface area contributed by atoms with E-state index < -0.39 is 0 Å². The van der Waals surface area contributed by atoms with Crippen molar-refractivity contribution < 1.29 is 4.39 Å². The molecule has 0 aliphatic heterocycles. The van der Waals surface area contributed by atoms with Crippen LogP contribution < -0.4 is 5.32 Å². The summed E-state index contributed by atoms with van der Waals surface area (Å²) in [4.78, 5) is 0. The third-order valence-corrected chi connectivity index (χ3v) is 6.85. The number of aryl methyl sites for hydroxylation is 1. The van der Waals surface area contributed by atoms with Gasteiger partial charge in [0.05, 0.1) is 0 Å². The van der Waals surface area contributed by atoms with Gasteiger partial charge in [0.15, 0.2) is 0 Å². The molecule has 2 aromatic carbocycles. The van der Waals surface area contributed by atoms with Crippen LogP contribution in [-0.2, 0) is 18.5 Å². The highest BCUT2D eigenvalue weighted by Gasteiger charge is 2.54. The molecule has 1 N–H and O–H groups in total. The number of aromatic nitrogens is 1. The van der Waals surface area contributed by atoms with Gasteiger partial charge < -0.3 is 9.88 Å². The topological polar surface area (TPSA) is 17.0 Å². The zero-order valence-electron chi connectivity index (χ0n) is 17.7. The maximum Gasteiger partial charge on any atom is 0.101 e. The van der Waals surface area contributed by atoms with E-state index in [-0.39, 0.29) is 17.3 Å². The Kier molecular flexibility index (Phi) is 4.86. The van der Waals surface area contributed by atoms with Crippen LogP contribution in [0, 0.1) is 5.92 Å². The maximum absolute atomic E-state index is 14.4. The van der Waals surface area contributed by atoms with Gasteiger partial charge in [-0.05, 0) is 61.1 Å². The van der Waals surface area contributed by atoms with E-state index in [0.717, 1.165) is 19.5 Å². The molecule has 2 nitrogen and oxygen atoms in total. The van der Waals surface area contributed by atoms with E-state index in [1.807, 2.05) is 12.2 Å². The predicted octanol–water partition coefficient (Wildman–Crippen LogP) is 6.58. The Labute approximate surface area is 178 Å². The molecular formula is C27H29FN2. The second kappa shape index (κ2) is 7.55. The predicted molar refractivity (Wildman–Crippen MR) is 122 cm³/mol. The molecular weight excluding hydrogens is 371 g/mol. The average molecular weight is 401 g/mol. The molecule has 3 heteroatoms. The van der Waals surface area contributed by atoms with E-state index in [0.29, 0.717) is 12.3 Å². The smallest absolute Gasteiger partial charge is 0.101 e. The number of nitrogens with one attached hydrogen (secondary N) is 1. The summed E-state index contributed by atoms with van der Waals surface area (Å²) in [5.74, 6) is 0.416. The van der Waals surface area contributed by atoms with E-state index in [2.05, 4.69) is 84.5 Å². The van der Waals surface area contributed by atoms with Gasteiger partial charge >= 0.3 is 0 Å². The molecule has 2 unspecified atom stereocenters. The Balaban J connectivity index is 1.48. The van der Waals surface area contributed by atoms with Crippen LogP contribution in [0.15, 0.2) is 78.8 Å². The van der Waals surface area contributed by atoms with Crippen molar-refractivity contribution in [1.29, 1.82) is 0 Å². The fourth-order valence-electron chi connectivity index (χ4n) is 5.00. The molecule has 30 heavy (non-hydrogen) atoms. The molecule has 2 aliphatic rings. The highest BCUT2D eigenvalue weighted by molar-refractivity contribution is 5.87. The summed E-state index contributed by atoms with van der Waals surface area (Å²) in [7, 11) is 0. The first-order chi connectivity index (χ1) is 14.6. The van der Waals surface area contributed by atoms with Gasteiger partial charge in [-0.25, -0.2) is 4.39 Å². The summed E-state index contributed by atoms with van der Waals surface area (Å²) in [6, 6.07) is 17.6. The summed E-state index contributed by atoms with van der Waals surface area (Å²) in [6.45, 7) is 6.10. The number of hydrogen-bond donors (Lipinski definition) is 1. The Morgan fingerprint density at radius 3 is 2.83 bits per heavy atom. The number of nitrogens with zero attached hydrogens (tertiary/aromatic N) is 1. The lowest BCUT2D eigenvalue weighted by Crippen LogP contribution is -2.18. The van der Waals surface area contributed by atoms with E-state index in [1.165, 1.54) is 27.6 Å². The molecule has 0 bridgehead atoms. The second-order valence-corrected chi connectivity index (χ2v) is 8.77. The van der Waals surface area contributed by atoms with Gasteiger partial charge in [-0.15, -0.1) is 0 Å². The largest absolute Gasteiger partial charge is 0.347 e. The Morgan fingerprint density at radius 2 is 2.03 bits per heavy atom. The second-order valence-electron chi connectivity index (χ2n) is 8.77. The Hall–Kier alpha value is -2.65. The molecule has 0 saturated heterocycles. The summed E-state index contributed by atoms with van der Waals surface area (Å²) < 4.78 is 16.7. The first-order valence-corrected chi connectivity index (χ1v) is 11.0. The van der Waals surface area contributed by atoms with Crippen molar-refractivity contribution in [2.45, 2.75) is 51.2 Å². The number of rotatable bonds is 6. The number of benzene rings is 2. The first kappa shape index (κ1) is 19.3. The lowest BCUT2D eigenvalue weighted by molar-refractivity contribution is 0.575. The summed E-state index contributed by atoms with van der Waals surface area (Å²) >= 11 is 0. The minimum Gasteiger partial charge on any atom is -0.347 e. The van der Waals surface area contributed by atoms with Gasteiger partial charge in [0.25, 0.3) is 0 Å². The molecule has 3 atom stereocenters. The Morgan fingerprint density at radius 1 is 1.20 bits per heavy atom. The lowest BCUT2D eigenvalue weighted by Gasteiger charge is -2.15. The molecule has 1 fully saturated rings. The summed E-state index contributed by atoms with van der Waals surface area (Å²) in [6.07, 6.45) is 9.80. The van der Waals surface area contributed by atoms with E-state index >= 15 is 0 Å². The highest BCUT2D eigenvalue weighted by atomic mass is 19.1. The van der Waals surface area contributed by atoms with Crippen LogP contribution in [0.5, 0.6) is 0 Å². The molecule has 1 saturated carbocycles. The number of hydrogen-bond acceptors (Lipinski definition) is 1. The average Bonchev–Trinajstić information content (AvgIpc) is 3.35. The van der Waals surface area contributed by atoms with Crippen LogP contribution in [0.1, 0.15) is 49.4 Å². The first-order valence-electron chi connectivity index (χ1n) is 11.0. The normalized spacial score (nSPS) is 23.7. The third kappa shape index (κ3) is 3.31. The molecule has 0 radical (unpaired) electrons. The number of fused-ring (bicyclic) bond motifs is 2. The van der Waals surface area contributed by atoms with E-state index in [4.69, 9.17) is 0 Å². The van der Waals surface area contributed by atoms with Crippen molar-refractivity contribution in [3.63, 3.8) is 0 Å². The zero-order chi connectivity index (χ0) is 20.7. The molecule has 2 aliphatic carbocycles. The van der Waals surface area contributed by atoms with Gasteiger partial charge in [-0.1, -0.05) is 48.6 Å². The van der Waals surface area contributed by atoms with Crippen LogP contribution in [0.3, 0.4) is 0 Å². The SMILES string of the molecule is CCn1cc(C23C=C(F)CC=CC2C3)c2cc(CN[C@H](C)c3ccccc3)ccc21. The molecule has 154 valence electrons. The molecule has 1 heterocycles. The van der Waals surface area contributed by atoms with Crippen LogP contribution in [0.4, 0.5) is 4.39 Å². The van der Waals surface area contributed by atoms with Crippen LogP contribution in [-0.4, -0.2) is 4.57 Å². The third-order valence-electron chi connectivity index (χ3n) is 6.85. The molecule has 3 aromatic rings. The van der Waals surface area contributed by atoms with Crippen molar-refractivity contribution in [2.24, 2.45) is 5.92 Å². The van der Waals surface area contributed by atoms with Crippen molar-refractivity contribution in [1.82, 2.24) is 9.88 Å². The van der Waals surface area contributed by atoms with Crippen LogP contribution in [0.2, 0.25) is 0 Å². The van der Waals surface area contributed by atoms with Crippen molar-refractivity contribution in [3.8, 4) is 0 Å². The number of allylic oxidation sites excluding steroid dienone is 4. The fourth-order valence-corrected chi connectivity index (χ4v) is 5.00. The molecule has 1 aromatic heterocycles. The van der Waals surface area contributed by atoms with Crippen LogP contribution in [0.25, 0.3) is 10.9 Å². The highest BCUT2D eigenvalue weighted by Crippen LogP contribution is 2.59. The van der Waals surface area contributed by atoms with Crippen molar-refractivity contribution in [2.75, 3.05) is 0 Å². The van der Waals surface area contributed by atoms with Gasteiger partial charge in [0.1, 0.15) is 5.83 Å². The van der Waals surface area contributed by atoms with Gasteiger partial charge in [0, 0.05) is 48.1 Å². The van der Waals surface area contributed by atoms with Gasteiger partial charge in [-0.2, -0.15) is 0 Å². The van der Waals surface area contributed by atoms with Crippen molar-refractivity contribution >= 4 is 10.9 Å². The molecule has 0 spiro atoms. The number of halogens is 1. The standard InChI is InChI=1S/C27H29FN2/c1-3-30-18-25(27-15-22(27)10-7-11-23(28)16-27)24-14-20(12-13-26(24)30)17-29-19(2)21-8-5-4-6-9-21/h4-10,12-14,16,18-19,22,29H,3,11,15,17H2,1-2H3/t19-,22?,27?/m1/s1. The van der Waals surface area contributed by atoms with Gasteiger partial charge in [0.2, 0.25) is 0 Å². The fraction of sp³-hybridized carbons (Fsp3) is 0.333. The summed E-state index contributed by atoms with van der Waals surface area (Å²) in [5, 5.41) is 4.92. The van der Waals surface area contributed by atoms with E-state index in [9.17, 15) is 4.39 Å². The van der Waals surface area contributed by atoms with Gasteiger partial charge in [-0.3, -0.25) is 0 Å².